The molecule has 0 unspecified atom stereocenters. The maximum atomic E-state index is 11.9. The fourth-order valence-electron chi connectivity index (χ4n) is 1.53. The standard InChI is InChI=1S/C15H19BrO2S2/c1-11(2)4-3-9-18-15(19)20-10-14(17)12-5-7-13(16)8-6-12/h5-8,11H,3-4,9-10H2,1-2H3. The first-order valence-electron chi connectivity index (χ1n) is 6.57. The molecule has 1 aromatic carbocycles. The van der Waals surface area contributed by atoms with E-state index in [0.29, 0.717) is 28.2 Å². The monoisotopic (exact) mass is 374 g/mol. The molecule has 1 aromatic rings. The highest BCUT2D eigenvalue weighted by atomic mass is 79.9. The van der Waals surface area contributed by atoms with E-state index in [4.69, 9.17) is 17.0 Å². The number of hydrogen-bond donors (Lipinski definition) is 0. The number of carbonyl (C=O) groups is 1. The van der Waals surface area contributed by atoms with E-state index in [1.807, 2.05) is 12.1 Å². The van der Waals surface area contributed by atoms with Crippen molar-refractivity contribution >= 4 is 50.1 Å². The van der Waals surface area contributed by atoms with E-state index in [9.17, 15) is 4.79 Å². The predicted octanol–water partition coefficient (Wildman–Crippen LogP) is 5.10. The van der Waals surface area contributed by atoms with E-state index in [0.717, 1.165) is 17.3 Å². The van der Waals surface area contributed by atoms with E-state index in [-0.39, 0.29) is 5.78 Å². The molecule has 0 amide bonds. The molecule has 0 spiro atoms. The predicted molar refractivity (Wildman–Crippen MR) is 93.6 cm³/mol. The zero-order valence-electron chi connectivity index (χ0n) is 11.7. The SMILES string of the molecule is CC(C)CCCOC(=S)SCC(=O)c1ccc(Br)cc1. The molecule has 0 N–H and O–H groups in total. The lowest BCUT2D eigenvalue weighted by Gasteiger charge is -2.08. The molecule has 0 fully saturated rings. The number of halogens is 1. The van der Waals surface area contributed by atoms with Gasteiger partial charge in [-0.1, -0.05) is 53.7 Å². The minimum atomic E-state index is 0.0654. The normalized spacial score (nSPS) is 10.6. The largest absolute Gasteiger partial charge is 0.479 e. The third-order valence-electron chi connectivity index (χ3n) is 2.63. The van der Waals surface area contributed by atoms with Gasteiger partial charge in [-0.2, -0.15) is 0 Å². The number of benzene rings is 1. The van der Waals surface area contributed by atoms with Crippen LogP contribution in [-0.4, -0.2) is 22.5 Å². The molecule has 0 saturated heterocycles. The summed E-state index contributed by atoms with van der Waals surface area (Å²) in [5.41, 5.74) is 0.698. The Morgan fingerprint density at radius 1 is 1.35 bits per heavy atom. The molecule has 1 rings (SSSR count). The highest BCUT2D eigenvalue weighted by molar-refractivity contribution is 9.10. The summed E-state index contributed by atoms with van der Waals surface area (Å²) in [5.74, 6) is 1.07. The molecule has 2 nitrogen and oxygen atoms in total. The third-order valence-corrected chi connectivity index (χ3v) is 4.39. The first kappa shape index (κ1) is 17.7. The zero-order chi connectivity index (χ0) is 15.0. The van der Waals surface area contributed by atoms with Gasteiger partial charge in [-0.15, -0.1) is 0 Å². The van der Waals surface area contributed by atoms with Crippen molar-refractivity contribution in [3.63, 3.8) is 0 Å². The van der Waals surface area contributed by atoms with Gasteiger partial charge in [0.05, 0.1) is 12.4 Å². The number of Topliss-reactive ketones (excluding diaryl/α,β-unsaturated/α-hetero) is 1. The van der Waals surface area contributed by atoms with Gasteiger partial charge in [-0.05, 0) is 43.1 Å². The van der Waals surface area contributed by atoms with Gasteiger partial charge in [0.25, 0.3) is 0 Å². The van der Waals surface area contributed by atoms with Crippen LogP contribution in [0.1, 0.15) is 37.0 Å². The van der Waals surface area contributed by atoms with Gasteiger partial charge in [0.15, 0.2) is 5.78 Å². The second-order valence-corrected chi connectivity index (χ2v) is 7.35. The van der Waals surface area contributed by atoms with E-state index in [1.165, 1.54) is 11.8 Å². The topological polar surface area (TPSA) is 26.3 Å². The highest BCUT2D eigenvalue weighted by Gasteiger charge is 2.08. The molecule has 110 valence electrons. The van der Waals surface area contributed by atoms with Crippen molar-refractivity contribution in [2.45, 2.75) is 26.7 Å². The van der Waals surface area contributed by atoms with Gasteiger partial charge < -0.3 is 4.74 Å². The molecular weight excluding hydrogens is 356 g/mol. The number of carbonyl (C=O) groups excluding carboxylic acids is 1. The van der Waals surface area contributed by atoms with Gasteiger partial charge in [-0.3, -0.25) is 4.79 Å². The fourth-order valence-corrected chi connectivity index (χ4v) is 2.64. The molecule has 0 heterocycles. The number of ether oxygens (including phenoxy) is 1. The fraction of sp³-hybridized carbons (Fsp3) is 0.467. The first-order chi connectivity index (χ1) is 9.49. The number of rotatable bonds is 7. The molecule has 0 aliphatic heterocycles. The number of thioether (sulfide) groups is 1. The van der Waals surface area contributed by atoms with E-state index in [2.05, 4.69) is 29.8 Å². The molecule has 0 bridgehead atoms. The van der Waals surface area contributed by atoms with Gasteiger partial charge >= 0.3 is 0 Å². The van der Waals surface area contributed by atoms with Crippen LogP contribution in [0.25, 0.3) is 0 Å². The Kier molecular flexibility index (Phi) is 8.41. The summed E-state index contributed by atoms with van der Waals surface area (Å²) in [7, 11) is 0. The Morgan fingerprint density at radius 2 is 2.00 bits per heavy atom. The summed E-state index contributed by atoms with van der Waals surface area (Å²) >= 11 is 9.74. The lowest BCUT2D eigenvalue weighted by molar-refractivity contribution is 0.102. The van der Waals surface area contributed by atoms with Crippen molar-refractivity contribution in [1.29, 1.82) is 0 Å². The summed E-state index contributed by atoms with van der Waals surface area (Å²) in [6.45, 7) is 5.00. The van der Waals surface area contributed by atoms with Crippen LogP contribution in [0.4, 0.5) is 0 Å². The van der Waals surface area contributed by atoms with Crippen LogP contribution >= 0.6 is 39.9 Å². The average molecular weight is 375 g/mol. The summed E-state index contributed by atoms with van der Waals surface area (Å²) in [4.78, 5) is 11.9. The van der Waals surface area contributed by atoms with Crippen LogP contribution in [0, 0.1) is 5.92 Å². The second-order valence-electron chi connectivity index (χ2n) is 4.85. The van der Waals surface area contributed by atoms with Crippen molar-refractivity contribution in [1.82, 2.24) is 0 Å². The second kappa shape index (κ2) is 9.53. The quantitative estimate of drug-likeness (QED) is 0.376. The molecule has 0 aromatic heterocycles. The lowest BCUT2D eigenvalue weighted by Crippen LogP contribution is -2.07. The van der Waals surface area contributed by atoms with Crippen LogP contribution in [0.3, 0.4) is 0 Å². The lowest BCUT2D eigenvalue weighted by atomic mass is 10.1. The minimum absolute atomic E-state index is 0.0654. The maximum Gasteiger partial charge on any atom is 0.220 e. The molecule has 20 heavy (non-hydrogen) atoms. The average Bonchev–Trinajstić information content (AvgIpc) is 2.41. The Balaban J connectivity index is 2.23. The number of thiocarbonyl (C=S) groups is 1. The molecule has 0 aliphatic rings. The van der Waals surface area contributed by atoms with Crippen LogP contribution < -0.4 is 0 Å². The van der Waals surface area contributed by atoms with Crippen molar-refractivity contribution < 1.29 is 9.53 Å². The summed E-state index contributed by atoms with van der Waals surface area (Å²) < 4.78 is 6.85. The van der Waals surface area contributed by atoms with E-state index >= 15 is 0 Å². The van der Waals surface area contributed by atoms with Gasteiger partial charge in [-0.25, -0.2) is 0 Å². The van der Waals surface area contributed by atoms with Crippen molar-refractivity contribution in [2.24, 2.45) is 5.92 Å². The summed E-state index contributed by atoms with van der Waals surface area (Å²) in [6, 6.07) is 7.33. The minimum Gasteiger partial charge on any atom is -0.479 e. The van der Waals surface area contributed by atoms with Crippen molar-refractivity contribution in [3.05, 3.63) is 34.3 Å². The van der Waals surface area contributed by atoms with Crippen LogP contribution in [0.5, 0.6) is 0 Å². The summed E-state index contributed by atoms with van der Waals surface area (Å²) in [5, 5.41) is 0. The molecule has 0 saturated carbocycles. The third kappa shape index (κ3) is 7.41. The Hall–Kier alpha value is -0.390. The Bertz CT molecular complexity index is 444. The van der Waals surface area contributed by atoms with Gasteiger partial charge in [0, 0.05) is 10.0 Å². The molecule has 0 atom stereocenters. The van der Waals surface area contributed by atoms with Crippen LogP contribution in [0.2, 0.25) is 0 Å². The Morgan fingerprint density at radius 3 is 2.60 bits per heavy atom. The Labute approximate surface area is 138 Å². The maximum absolute atomic E-state index is 11.9. The molecule has 5 heteroatoms. The summed E-state index contributed by atoms with van der Waals surface area (Å²) in [6.07, 6.45) is 2.13. The number of ketones is 1. The van der Waals surface area contributed by atoms with E-state index < -0.39 is 0 Å². The molecular formula is C15H19BrO2S2. The van der Waals surface area contributed by atoms with Gasteiger partial charge in [0.1, 0.15) is 0 Å². The first-order valence-corrected chi connectivity index (χ1v) is 8.76. The molecule has 0 aliphatic carbocycles. The highest BCUT2D eigenvalue weighted by Crippen LogP contribution is 2.14. The van der Waals surface area contributed by atoms with Gasteiger partial charge in [0.2, 0.25) is 4.38 Å². The van der Waals surface area contributed by atoms with Crippen LogP contribution in [0.15, 0.2) is 28.7 Å². The van der Waals surface area contributed by atoms with E-state index in [1.54, 1.807) is 12.1 Å². The van der Waals surface area contributed by atoms with Crippen LogP contribution in [-0.2, 0) is 4.74 Å². The van der Waals surface area contributed by atoms with Crippen molar-refractivity contribution in [3.8, 4) is 0 Å². The smallest absolute Gasteiger partial charge is 0.220 e. The molecule has 0 radical (unpaired) electrons. The zero-order valence-corrected chi connectivity index (χ0v) is 14.9. The number of hydrogen-bond acceptors (Lipinski definition) is 4. The van der Waals surface area contributed by atoms with Crippen molar-refractivity contribution in [2.75, 3.05) is 12.4 Å².